The van der Waals surface area contributed by atoms with E-state index in [9.17, 15) is 13.2 Å². The zero-order chi connectivity index (χ0) is 15.5. The zero-order valence-electron chi connectivity index (χ0n) is 12.6. The Morgan fingerprint density at radius 1 is 1.19 bits per heavy atom. The Balaban J connectivity index is 1.84. The lowest BCUT2D eigenvalue weighted by Gasteiger charge is -2.21. The van der Waals surface area contributed by atoms with Crippen LogP contribution in [0, 0.1) is 5.92 Å². The highest BCUT2D eigenvalue weighted by Gasteiger charge is 2.25. The molecule has 0 aromatic heterocycles. The van der Waals surface area contributed by atoms with Crippen LogP contribution in [0.2, 0.25) is 0 Å². The van der Waals surface area contributed by atoms with Gasteiger partial charge in [-0.1, -0.05) is 26.0 Å². The molecule has 21 heavy (non-hydrogen) atoms. The van der Waals surface area contributed by atoms with Crippen molar-refractivity contribution in [1.29, 1.82) is 0 Å². The fourth-order valence-corrected chi connectivity index (χ4v) is 4.16. The van der Waals surface area contributed by atoms with Crippen molar-refractivity contribution < 1.29 is 13.2 Å². The maximum Gasteiger partial charge on any atom is 0.224 e. The van der Waals surface area contributed by atoms with Gasteiger partial charge in [0.25, 0.3) is 0 Å². The van der Waals surface area contributed by atoms with E-state index >= 15 is 0 Å². The minimum Gasteiger partial charge on any atom is -0.326 e. The average molecular weight is 309 g/mol. The van der Waals surface area contributed by atoms with Crippen LogP contribution in [0.1, 0.15) is 44.6 Å². The fourth-order valence-electron chi connectivity index (χ4n) is 2.57. The molecule has 0 aliphatic carbocycles. The highest BCUT2D eigenvalue weighted by molar-refractivity contribution is 7.91. The monoisotopic (exact) mass is 309 g/mol. The SMILES string of the molecule is CC(C)c1ccc(NC(=O)CC2CCS(=O)(=O)CC2)cc1. The molecular formula is C16H23NO3S. The lowest BCUT2D eigenvalue weighted by atomic mass is 9.98. The Labute approximate surface area is 126 Å². The Hall–Kier alpha value is -1.36. The molecule has 0 saturated carbocycles. The van der Waals surface area contributed by atoms with Crippen LogP contribution in [-0.2, 0) is 14.6 Å². The van der Waals surface area contributed by atoms with E-state index in [-0.39, 0.29) is 23.3 Å². The van der Waals surface area contributed by atoms with E-state index in [1.54, 1.807) is 0 Å². The molecule has 4 nitrogen and oxygen atoms in total. The largest absolute Gasteiger partial charge is 0.326 e. The fraction of sp³-hybridized carbons (Fsp3) is 0.562. The van der Waals surface area contributed by atoms with Gasteiger partial charge in [-0.25, -0.2) is 8.42 Å². The molecule has 0 bridgehead atoms. The topological polar surface area (TPSA) is 63.2 Å². The summed E-state index contributed by atoms with van der Waals surface area (Å²) in [5.74, 6) is 1.06. The molecule has 0 atom stereocenters. The van der Waals surface area contributed by atoms with Crippen molar-refractivity contribution >= 4 is 21.4 Å². The predicted octanol–water partition coefficient (Wildman–Crippen LogP) is 2.96. The number of nitrogens with one attached hydrogen (secondary N) is 1. The number of hydrogen-bond donors (Lipinski definition) is 1. The van der Waals surface area contributed by atoms with Gasteiger partial charge in [0.1, 0.15) is 9.84 Å². The van der Waals surface area contributed by atoms with E-state index < -0.39 is 9.84 Å². The van der Waals surface area contributed by atoms with Crippen molar-refractivity contribution in [1.82, 2.24) is 0 Å². The van der Waals surface area contributed by atoms with Crippen molar-refractivity contribution in [3.05, 3.63) is 29.8 Å². The van der Waals surface area contributed by atoms with Gasteiger partial charge in [0, 0.05) is 12.1 Å². The van der Waals surface area contributed by atoms with Crippen LogP contribution in [0.4, 0.5) is 5.69 Å². The normalized spacial score (nSPS) is 18.6. The molecule has 1 aliphatic rings. The predicted molar refractivity (Wildman–Crippen MR) is 85.2 cm³/mol. The molecule has 1 fully saturated rings. The van der Waals surface area contributed by atoms with E-state index in [1.807, 2.05) is 24.3 Å². The molecule has 1 aromatic rings. The maximum atomic E-state index is 12.0. The number of benzene rings is 1. The van der Waals surface area contributed by atoms with E-state index in [0.29, 0.717) is 25.2 Å². The average Bonchev–Trinajstić information content (AvgIpc) is 2.42. The van der Waals surface area contributed by atoms with Crippen LogP contribution in [-0.4, -0.2) is 25.8 Å². The van der Waals surface area contributed by atoms with Crippen molar-refractivity contribution in [3.63, 3.8) is 0 Å². The van der Waals surface area contributed by atoms with Crippen molar-refractivity contribution in [3.8, 4) is 0 Å². The van der Waals surface area contributed by atoms with Gasteiger partial charge in [-0.05, 0) is 42.4 Å². The van der Waals surface area contributed by atoms with Gasteiger partial charge in [-0.2, -0.15) is 0 Å². The molecule has 2 rings (SSSR count). The Kier molecular flexibility index (Phi) is 5.04. The first-order valence-corrected chi connectivity index (χ1v) is 9.28. The van der Waals surface area contributed by atoms with Crippen LogP contribution in [0.3, 0.4) is 0 Å². The van der Waals surface area contributed by atoms with Gasteiger partial charge < -0.3 is 5.32 Å². The lowest BCUT2D eigenvalue weighted by molar-refractivity contribution is -0.117. The first-order chi connectivity index (χ1) is 9.85. The number of carbonyl (C=O) groups is 1. The lowest BCUT2D eigenvalue weighted by Crippen LogP contribution is -2.26. The van der Waals surface area contributed by atoms with Gasteiger partial charge in [0.05, 0.1) is 11.5 Å². The molecule has 0 spiro atoms. The van der Waals surface area contributed by atoms with Gasteiger partial charge in [-0.15, -0.1) is 0 Å². The van der Waals surface area contributed by atoms with E-state index in [1.165, 1.54) is 5.56 Å². The van der Waals surface area contributed by atoms with Crippen LogP contribution in [0.5, 0.6) is 0 Å². The highest BCUT2D eigenvalue weighted by Crippen LogP contribution is 2.23. The first kappa shape index (κ1) is 16.0. The molecule has 0 unspecified atom stereocenters. The summed E-state index contributed by atoms with van der Waals surface area (Å²) < 4.78 is 22.7. The quantitative estimate of drug-likeness (QED) is 0.930. The van der Waals surface area contributed by atoms with Crippen molar-refractivity contribution in [2.75, 3.05) is 16.8 Å². The van der Waals surface area contributed by atoms with Crippen molar-refractivity contribution in [2.45, 2.75) is 39.0 Å². The molecule has 116 valence electrons. The number of hydrogen-bond acceptors (Lipinski definition) is 3. The number of sulfone groups is 1. The first-order valence-electron chi connectivity index (χ1n) is 7.46. The third-order valence-electron chi connectivity index (χ3n) is 4.01. The van der Waals surface area contributed by atoms with E-state index in [4.69, 9.17) is 0 Å². The minimum absolute atomic E-state index is 0.0309. The molecule has 1 N–H and O–H groups in total. The van der Waals surface area contributed by atoms with Crippen LogP contribution < -0.4 is 5.32 Å². The molecule has 5 heteroatoms. The highest BCUT2D eigenvalue weighted by atomic mass is 32.2. The second-order valence-electron chi connectivity index (χ2n) is 6.12. The summed E-state index contributed by atoms with van der Waals surface area (Å²) in [5, 5.41) is 2.89. The van der Waals surface area contributed by atoms with Crippen molar-refractivity contribution in [2.24, 2.45) is 5.92 Å². The molecule has 1 saturated heterocycles. The molecule has 1 heterocycles. The Morgan fingerprint density at radius 3 is 2.29 bits per heavy atom. The number of anilines is 1. The summed E-state index contributed by atoms with van der Waals surface area (Å²) in [7, 11) is -2.86. The third kappa shape index (κ3) is 4.84. The number of rotatable bonds is 4. The molecule has 1 aromatic carbocycles. The Morgan fingerprint density at radius 2 is 1.76 bits per heavy atom. The van der Waals surface area contributed by atoms with Crippen LogP contribution in [0.25, 0.3) is 0 Å². The van der Waals surface area contributed by atoms with Gasteiger partial charge >= 0.3 is 0 Å². The summed E-state index contributed by atoms with van der Waals surface area (Å²) in [6.07, 6.45) is 1.60. The summed E-state index contributed by atoms with van der Waals surface area (Å²) >= 11 is 0. The smallest absolute Gasteiger partial charge is 0.224 e. The van der Waals surface area contributed by atoms with Gasteiger partial charge in [-0.3, -0.25) is 4.79 Å². The van der Waals surface area contributed by atoms with Gasteiger partial charge in [0.15, 0.2) is 0 Å². The second-order valence-corrected chi connectivity index (χ2v) is 8.43. The second kappa shape index (κ2) is 6.60. The number of carbonyl (C=O) groups excluding carboxylic acids is 1. The van der Waals surface area contributed by atoms with Crippen LogP contribution >= 0.6 is 0 Å². The molecule has 1 aliphatic heterocycles. The van der Waals surface area contributed by atoms with E-state index in [0.717, 1.165) is 5.69 Å². The summed E-state index contributed by atoms with van der Waals surface area (Å²) in [6, 6.07) is 7.87. The zero-order valence-corrected chi connectivity index (χ0v) is 13.4. The summed E-state index contributed by atoms with van der Waals surface area (Å²) in [6.45, 7) is 4.26. The maximum absolute atomic E-state index is 12.0. The number of amides is 1. The Bertz CT molecular complexity index is 576. The molecular weight excluding hydrogens is 286 g/mol. The third-order valence-corrected chi connectivity index (χ3v) is 5.72. The summed E-state index contributed by atoms with van der Waals surface area (Å²) in [5.41, 5.74) is 2.04. The van der Waals surface area contributed by atoms with Gasteiger partial charge in [0.2, 0.25) is 5.91 Å². The van der Waals surface area contributed by atoms with Crippen LogP contribution in [0.15, 0.2) is 24.3 Å². The molecule has 1 amide bonds. The standard InChI is InChI=1S/C16H23NO3S/c1-12(2)14-3-5-15(6-4-14)17-16(18)11-13-7-9-21(19,20)10-8-13/h3-6,12-13H,7-11H2,1-2H3,(H,17,18). The van der Waals surface area contributed by atoms with E-state index in [2.05, 4.69) is 19.2 Å². The summed E-state index contributed by atoms with van der Waals surface area (Å²) in [4.78, 5) is 12.0. The molecule has 0 radical (unpaired) electrons. The minimum atomic E-state index is -2.86.